The Balaban J connectivity index is 2.64. The van der Waals surface area contributed by atoms with Gasteiger partial charge in [-0.15, -0.1) is 0 Å². The van der Waals surface area contributed by atoms with E-state index in [-0.39, 0.29) is 23.5 Å². The van der Waals surface area contributed by atoms with Gasteiger partial charge in [-0.25, -0.2) is 8.42 Å². The molecule has 0 radical (unpaired) electrons. The van der Waals surface area contributed by atoms with Crippen molar-refractivity contribution in [3.05, 3.63) is 0 Å². The van der Waals surface area contributed by atoms with E-state index in [9.17, 15) is 13.2 Å². The SMILES string of the molecule is CCCN(C(=O)CS(=O)(=O)CCC)C1CCNC1. The zero-order chi connectivity index (χ0) is 13.6. The molecule has 0 aromatic rings. The van der Waals surface area contributed by atoms with Gasteiger partial charge in [0.2, 0.25) is 5.91 Å². The van der Waals surface area contributed by atoms with Crippen molar-refractivity contribution in [3.63, 3.8) is 0 Å². The lowest BCUT2D eigenvalue weighted by molar-refractivity contribution is -0.130. The molecule has 0 bridgehead atoms. The molecule has 106 valence electrons. The molecule has 0 saturated carbocycles. The average Bonchev–Trinajstić information content (AvgIpc) is 2.77. The van der Waals surface area contributed by atoms with Crippen molar-refractivity contribution in [2.24, 2.45) is 0 Å². The minimum absolute atomic E-state index is 0.0988. The number of carbonyl (C=O) groups is 1. The van der Waals surface area contributed by atoms with Gasteiger partial charge in [0.25, 0.3) is 0 Å². The van der Waals surface area contributed by atoms with E-state index >= 15 is 0 Å². The highest BCUT2D eigenvalue weighted by Gasteiger charge is 2.28. The van der Waals surface area contributed by atoms with E-state index in [4.69, 9.17) is 0 Å². The summed E-state index contributed by atoms with van der Waals surface area (Å²) in [5.74, 6) is -0.474. The molecular formula is C12H24N2O3S. The molecule has 1 rings (SSSR count). The van der Waals surface area contributed by atoms with Crippen LogP contribution in [0.25, 0.3) is 0 Å². The summed E-state index contributed by atoms with van der Waals surface area (Å²) in [6.07, 6.45) is 2.34. The number of carbonyl (C=O) groups excluding carboxylic acids is 1. The van der Waals surface area contributed by atoms with E-state index in [1.54, 1.807) is 4.90 Å². The molecule has 0 aliphatic carbocycles. The van der Waals surface area contributed by atoms with Gasteiger partial charge in [0.1, 0.15) is 5.75 Å². The molecule has 0 aromatic heterocycles. The number of hydrogen-bond acceptors (Lipinski definition) is 4. The van der Waals surface area contributed by atoms with E-state index in [0.29, 0.717) is 13.0 Å². The maximum atomic E-state index is 12.1. The van der Waals surface area contributed by atoms with Crippen molar-refractivity contribution in [1.82, 2.24) is 10.2 Å². The van der Waals surface area contributed by atoms with E-state index in [2.05, 4.69) is 5.32 Å². The highest BCUT2D eigenvalue weighted by molar-refractivity contribution is 7.92. The number of hydrogen-bond donors (Lipinski definition) is 1. The Kier molecular flexibility index (Phi) is 6.08. The summed E-state index contributed by atoms with van der Waals surface area (Å²) in [4.78, 5) is 13.9. The van der Waals surface area contributed by atoms with Gasteiger partial charge in [-0.3, -0.25) is 4.79 Å². The molecule has 1 aliphatic heterocycles. The molecule has 18 heavy (non-hydrogen) atoms. The van der Waals surface area contributed by atoms with E-state index in [1.807, 2.05) is 13.8 Å². The van der Waals surface area contributed by atoms with Gasteiger partial charge in [0.05, 0.1) is 5.75 Å². The molecule has 5 nitrogen and oxygen atoms in total. The topological polar surface area (TPSA) is 66.5 Å². The van der Waals surface area contributed by atoms with Crippen LogP contribution in [-0.2, 0) is 14.6 Å². The number of nitrogens with zero attached hydrogens (tertiary/aromatic N) is 1. The third-order valence-corrected chi connectivity index (χ3v) is 4.84. The van der Waals surface area contributed by atoms with Gasteiger partial charge in [0.15, 0.2) is 9.84 Å². The molecular weight excluding hydrogens is 252 g/mol. The van der Waals surface area contributed by atoms with Gasteiger partial charge < -0.3 is 10.2 Å². The molecule has 1 amide bonds. The van der Waals surface area contributed by atoms with Crippen LogP contribution in [0.3, 0.4) is 0 Å². The first-order chi connectivity index (χ1) is 8.50. The van der Waals surface area contributed by atoms with Crippen LogP contribution in [0, 0.1) is 0 Å². The fourth-order valence-corrected chi connectivity index (χ4v) is 3.62. The zero-order valence-electron chi connectivity index (χ0n) is 11.3. The summed E-state index contributed by atoms with van der Waals surface area (Å²) in [5.41, 5.74) is 0. The van der Waals surface area contributed by atoms with Crippen molar-refractivity contribution in [2.75, 3.05) is 31.1 Å². The molecule has 1 aliphatic rings. The first kappa shape index (κ1) is 15.4. The molecule has 0 aromatic carbocycles. The van der Waals surface area contributed by atoms with Crippen molar-refractivity contribution in [2.45, 2.75) is 39.2 Å². The first-order valence-electron chi connectivity index (χ1n) is 6.70. The van der Waals surface area contributed by atoms with Crippen molar-refractivity contribution < 1.29 is 13.2 Å². The minimum Gasteiger partial charge on any atom is -0.338 e. The van der Waals surface area contributed by atoms with Gasteiger partial charge in [-0.1, -0.05) is 13.8 Å². The van der Waals surface area contributed by atoms with Crippen LogP contribution in [0.15, 0.2) is 0 Å². The zero-order valence-corrected chi connectivity index (χ0v) is 12.1. The highest BCUT2D eigenvalue weighted by Crippen LogP contribution is 2.11. The fourth-order valence-electron chi connectivity index (χ4n) is 2.31. The van der Waals surface area contributed by atoms with Crippen LogP contribution in [-0.4, -0.2) is 56.4 Å². The van der Waals surface area contributed by atoms with E-state index < -0.39 is 9.84 Å². The Morgan fingerprint density at radius 3 is 2.56 bits per heavy atom. The highest BCUT2D eigenvalue weighted by atomic mass is 32.2. The maximum Gasteiger partial charge on any atom is 0.238 e. The van der Waals surface area contributed by atoms with Crippen LogP contribution in [0.2, 0.25) is 0 Å². The van der Waals surface area contributed by atoms with Crippen LogP contribution in [0.5, 0.6) is 0 Å². The molecule has 1 unspecified atom stereocenters. The lowest BCUT2D eigenvalue weighted by Gasteiger charge is -2.28. The number of sulfone groups is 1. The predicted molar refractivity (Wildman–Crippen MR) is 72.2 cm³/mol. The van der Waals surface area contributed by atoms with Crippen LogP contribution in [0.4, 0.5) is 0 Å². The van der Waals surface area contributed by atoms with Gasteiger partial charge in [0, 0.05) is 19.1 Å². The van der Waals surface area contributed by atoms with Crippen molar-refractivity contribution in [1.29, 1.82) is 0 Å². The molecule has 1 N–H and O–H groups in total. The van der Waals surface area contributed by atoms with Crippen LogP contribution < -0.4 is 5.32 Å². The normalized spacial score (nSPS) is 20.0. The molecule has 1 saturated heterocycles. The Morgan fingerprint density at radius 2 is 2.06 bits per heavy atom. The quantitative estimate of drug-likeness (QED) is 0.731. The third-order valence-electron chi connectivity index (χ3n) is 3.12. The second kappa shape index (κ2) is 7.09. The first-order valence-corrected chi connectivity index (χ1v) is 8.53. The molecule has 1 atom stereocenters. The molecule has 1 fully saturated rings. The van der Waals surface area contributed by atoms with Crippen molar-refractivity contribution in [3.8, 4) is 0 Å². The second-order valence-electron chi connectivity index (χ2n) is 4.83. The van der Waals surface area contributed by atoms with Crippen molar-refractivity contribution >= 4 is 15.7 Å². The third kappa shape index (κ3) is 4.57. The molecule has 1 heterocycles. The minimum atomic E-state index is -3.24. The van der Waals surface area contributed by atoms with Crippen LogP contribution in [0.1, 0.15) is 33.1 Å². The fraction of sp³-hybridized carbons (Fsp3) is 0.917. The van der Waals surface area contributed by atoms with Crippen LogP contribution >= 0.6 is 0 Å². The predicted octanol–water partition coefficient (Wildman–Crippen LogP) is 0.412. The standard InChI is InChI=1S/C12H24N2O3S/c1-3-7-14(11-5-6-13-9-11)12(15)10-18(16,17)8-4-2/h11,13H,3-10H2,1-2H3. The van der Waals surface area contributed by atoms with E-state index in [0.717, 1.165) is 25.9 Å². The molecule has 0 spiro atoms. The number of amides is 1. The van der Waals surface area contributed by atoms with Gasteiger partial charge >= 0.3 is 0 Å². The van der Waals surface area contributed by atoms with E-state index in [1.165, 1.54) is 0 Å². The smallest absolute Gasteiger partial charge is 0.238 e. The summed E-state index contributed by atoms with van der Waals surface area (Å²) in [6.45, 7) is 6.14. The largest absolute Gasteiger partial charge is 0.338 e. The lowest BCUT2D eigenvalue weighted by atomic mass is 10.2. The molecule has 6 heteroatoms. The van der Waals surface area contributed by atoms with Gasteiger partial charge in [-0.2, -0.15) is 0 Å². The number of nitrogens with one attached hydrogen (secondary N) is 1. The number of rotatable bonds is 7. The Hall–Kier alpha value is -0.620. The average molecular weight is 276 g/mol. The maximum absolute atomic E-state index is 12.1. The Morgan fingerprint density at radius 1 is 1.33 bits per heavy atom. The monoisotopic (exact) mass is 276 g/mol. The summed E-state index contributed by atoms with van der Waals surface area (Å²) >= 11 is 0. The van der Waals surface area contributed by atoms with Gasteiger partial charge in [-0.05, 0) is 25.8 Å². The summed E-state index contributed by atoms with van der Waals surface area (Å²) < 4.78 is 23.4. The summed E-state index contributed by atoms with van der Waals surface area (Å²) in [6, 6.07) is 0.161. The lowest BCUT2D eigenvalue weighted by Crippen LogP contribution is -2.44. The summed E-state index contributed by atoms with van der Waals surface area (Å²) in [5, 5.41) is 3.21. The Bertz CT molecular complexity index is 362. The summed E-state index contributed by atoms with van der Waals surface area (Å²) in [7, 11) is -3.24. The Labute approximate surface area is 110 Å². The second-order valence-corrected chi connectivity index (χ2v) is 7.01.